The third kappa shape index (κ3) is 4.76. The van der Waals surface area contributed by atoms with Gasteiger partial charge in [-0.2, -0.15) is 0 Å². The maximum atomic E-state index is 11.9. The fourth-order valence-electron chi connectivity index (χ4n) is 1.85. The smallest absolute Gasteiger partial charge is 0.245 e. The molecule has 0 unspecified atom stereocenters. The third-order valence-electron chi connectivity index (χ3n) is 3.05. The van der Waals surface area contributed by atoms with E-state index in [1.54, 1.807) is 39.0 Å². The Labute approximate surface area is 143 Å². The SMILES string of the molecule is CC(=O)Nc1ccc2nc(NC(=O)CNC(=O)C(C)(C)C)sc2c1. The van der Waals surface area contributed by atoms with Crippen LogP contribution in [0.15, 0.2) is 18.2 Å². The summed E-state index contributed by atoms with van der Waals surface area (Å²) in [6, 6.07) is 5.32. The molecule has 0 radical (unpaired) electrons. The van der Waals surface area contributed by atoms with Crippen LogP contribution in [-0.2, 0) is 14.4 Å². The molecule has 1 heterocycles. The Balaban J connectivity index is 2.01. The molecule has 0 saturated carbocycles. The Hall–Kier alpha value is -2.48. The number of hydrogen-bond acceptors (Lipinski definition) is 5. The summed E-state index contributed by atoms with van der Waals surface area (Å²) in [7, 11) is 0. The number of carbonyl (C=O) groups excluding carboxylic acids is 3. The van der Waals surface area contributed by atoms with Crippen LogP contribution >= 0.6 is 11.3 Å². The van der Waals surface area contributed by atoms with E-state index < -0.39 is 5.41 Å². The average molecular weight is 348 g/mol. The lowest BCUT2D eigenvalue weighted by Gasteiger charge is -2.17. The van der Waals surface area contributed by atoms with Gasteiger partial charge in [-0.25, -0.2) is 4.98 Å². The van der Waals surface area contributed by atoms with Gasteiger partial charge in [-0.3, -0.25) is 14.4 Å². The molecule has 2 rings (SSSR count). The topological polar surface area (TPSA) is 100 Å². The van der Waals surface area contributed by atoms with Crippen LogP contribution in [0.25, 0.3) is 10.2 Å². The molecule has 3 amide bonds. The molecule has 1 aromatic heterocycles. The number of hydrogen-bond donors (Lipinski definition) is 3. The Morgan fingerprint density at radius 1 is 1.17 bits per heavy atom. The Bertz CT molecular complexity index is 792. The summed E-state index contributed by atoms with van der Waals surface area (Å²) in [6.07, 6.45) is 0. The molecule has 0 bridgehead atoms. The van der Waals surface area contributed by atoms with Crippen LogP contribution in [0.1, 0.15) is 27.7 Å². The quantitative estimate of drug-likeness (QED) is 0.789. The maximum absolute atomic E-state index is 11.9. The van der Waals surface area contributed by atoms with Crippen molar-refractivity contribution in [3.05, 3.63) is 18.2 Å². The summed E-state index contributed by atoms with van der Waals surface area (Å²) in [5.74, 6) is -0.683. The van der Waals surface area contributed by atoms with Gasteiger partial charge < -0.3 is 16.0 Å². The number of carbonyl (C=O) groups is 3. The first kappa shape index (κ1) is 17.9. The highest BCUT2D eigenvalue weighted by Crippen LogP contribution is 2.28. The highest BCUT2D eigenvalue weighted by atomic mass is 32.1. The van der Waals surface area contributed by atoms with E-state index in [4.69, 9.17) is 0 Å². The predicted octanol–water partition coefficient (Wildman–Crippen LogP) is 2.36. The van der Waals surface area contributed by atoms with Gasteiger partial charge in [0.05, 0.1) is 16.8 Å². The molecule has 0 aliphatic carbocycles. The minimum Gasteiger partial charge on any atom is -0.347 e. The molecular formula is C16H20N4O3S. The molecule has 3 N–H and O–H groups in total. The van der Waals surface area contributed by atoms with Gasteiger partial charge in [0.2, 0.25) is 17.7 Å². The van der Waals surface area contributed by atoms with Gasteiger partial charge in [0, 0.05) is 18.0 Å². The van der Waals surface area contributed by atoms with E-state index in [0.717, 1.165) is 10.2 Å². The molecule has 24 heavy (non-hydrogen) atoms. The van der Waals surface area contributed by atoms with Crippen molar-refractivity contribution in [2.45, 2.75) is 27.7 Å². The van der Waals surface area contributed by atoms with Gasteiger partial charge in [-0.1, -0.05) is 32.1 Å². The second-order valence-electron chi connectivity index (χ2n) is 6.36. The van der Waals surface area contributed by atoms with E-state index in [2.05, 4.69) is 20.9 Å². The molecular weight excluding hydrogens is 328 g/mol. The minimum atomic E-state index is -0.545. The summed E-state index contributed by atoms with van der Waals surface area (Å²) in [5.41, 5.74) is 0.855. The molecule has 7 nitrogen and oxygen atoms in total. The Morgan fingerprint density at radius 2 is 1.88 bits per heavy atom. The van der Waals surface area contributed by atoms with Gasteiger partial charge >= 0.3 is 0 Å². The molecule has 1 aromatic carbocycles. The molecule has 0 spiro atoms. The van der Waals surface area contributed by atoms with Crippen molar-refractivity contribution in [3.8, 4) is 0 Å². The van der Waals surface area contributed by atoms with Gasteiger partial charge in [0.1, 0.15) is 0 Å². The fourth-order valence-corrected chi connectivity index (χ4v) is 2.77. The largest absolute Gasteiger partial charge is 0.347 e. The number of fused-ring (bicyclic) bond motifs is 1. The second-order valence-corrected chi connectivity index (χ2v) is 7.39. The average Bonchev–Trinajstić information content (AvgIpc) is 2.84. The number of amides is 3. The molecule has 0 aliphatic heterocycles. The minimum absolute atomic E-state index is 0.108. The second kappa shape index (κ2) is 6.96. The van der Waals surface area contributed by atoms with E-state index in [1.807, 2.05) is 0 Å². The van der Waals surface area contributed by atoms with Crippen molar-refractivity contribution in [2.24, 2.45) is 5.41 Å². The lowest BCUT2D eigenvalue weighted by atomic mass is 9.96. The van der Waals surface area contributed by atoms with Gasteiger partial charge in [0.25, 0.3) is 0 Å². The standard InChI is InChI=1S/C16H20N4O3S/c1-9(21)18-10-5-6-11-12(7-10)24-15(19-11)20-13(22)8-17-14(23)16(2,3)4/h5-7H,8H2,1-4H3,(H,17,23)(H,18,21)(H,19,20,22). The molecule has 2 aromatic rings. The first-order chi connectivity index (χ1) is 11.1. The molecule has 0 saturated heterocycles. The number of nitrogens with zero attached hydrogens (tertiary/aromatic N) is 1. The summed E-state index contributed by atoms with van der Waals surface area (Å²) < 4.78 is 0.843. The van der Waals surface area contributed by atoms with Crippen LogP contribution in [0.4, 0.5) is 10.8 Å². The first-order valence-corrected chi connectivity index (χ1v) is 8.23. The molecule has 128 valence electrons. The number of aromatic nitrogens is 1. The maximum Gasteiger partial charge on any atom is 0.245 e. The molecule has 0 fully saturated rings. The number of rotatable bonds is 4. The van der Waals surface area contributed by atoms with Gasteiger partial charge in [-0.15, -0.1) is 0 Å². The van der Waals surface area contributed by atoms with Crippen molar-refractivity contribution in [2.75, 3.05) is 17.2 Å². The molecule has 0 aliphatic rings. The van der Waals surface area contributed by atoms with Crippen LogP contribution in [0.5, 0.6) is 0 Å². The summed E-state index contributed by atoms with van der Waals surface area (Å²) in [5, 5.41) is 8.39. The summed E-state index contributed by atoms with van der Waals surface area (Å²) in [6.45, 7) is 6.67. The van der Waals surface area contributed by atoms with Crippen molar-refractivity contribution >= 4 is 50.1 Å². The zero-order valence-electron chi connectivity index (χ0n) is 14.0. The monoisotopic (exact) mass is 348 g/mol. The first-order valence-electron chi connectivity index (χ1n) is 7.41. The fraction of sp³-hybridized carbons (Fsp3) is 0.375. The van der Waals surface area contributed by atoms with Crippen LogP contribution in [0.2, 0.25) is 0 Å². The van der Waals surface area contributed by atoms with Gasteiger partial charge in [0.15, 0.2) is 5.13 Å². The van der Waals surface area contributed by atoms with Crippen LogP contribution in [0.3, 0.4) is 0 Å². The lowest BCUT2D eigenvalue weighted by molar-refractivity contribution is -0.130. The zero-order valence-corrected chi connectivity index (χ0v) is 14.8. The van der Waals surface area contributed by atoms with E-state index in [0.29, 0.717) is 10.8 Å². The third-order valence-corrected chi connectivity index (χ3v) is 3.98. The number of anilines is 2. The summed E-state index contributed by atoms with van der Waals surface area (Å²) >= 11 is 1.30. The highest BCUT2D eigenvalue weighted by Gasteiger charge is 2.21. The van der Waals surface area contributed by atoms with E-state index in [9.17, 15) is 14.4 Å². The van der Waals surface area contributed by atoms with Crippen molar-refractivity contribution in [1.82, 2.24) is 10.3 Å². The van der Waals surface area contributed by atoms with Crippen LogP contribution in [-0.4, -0.2) is 29.3 Å². The van der Waals surface area contributed by atoms with Crippen molar-refractivity contribution in [1.29, 1.82) is 0 Å². The van der Waals surface area contributed by atoms with Gasteiger partial charge in [-0.05, 0) is 18.2 Å². The number of thiazole rings is 1. The van der Waals surface area contributed by atoms with E-state index >= 15 is 0 Å². The molecule has 8 heteroatoms. The Morgan fingerprint density at radius 3 is 2.50 bits per heavy atom. The zero-order chi connectivity index (χ0) is 17.9. The van der Waals surface area contributed by atoms with Crippen LogP contribution in [0, 0.1) is 5.41 Å². The highest BCUT2D eigenvalue weighted by molar-refractivity contribution is 7.22. The van der Waals surface area contributed by atoms with E-state index in [-0.39, 0.29) is 24.3 Å². The summed E-state index contributed by atoms with van der Waals surface area (Å²) in [4.78, 5) is 39.1. The van der Waals surface area contributed by atoms with E-state index in [1.165, 1.54) is 18.3 Å². The van der Waals surface area contributed by atoms with Crippen molar-refractivity contribution in [3.63, 3.8) is 0 Å². The molecule has 0 atom stereocenters. The lowest BCUT2D eigenvalue weighted by Crippen LogP contribution is -2.39. The normalized spacial score (nSPS) is 11.2. The number of nitrogens with one attached hydrogen (secondary N) is 3. The van der Waals surface area contributed by atoms with Crippen molar-refractivity contribution < 1.29 is 14.4 Å². The predicted molar refractivity (Wildman–Crippen MR) is 95.0 cm³/mol. The van der Waals surface area contributed by atoms with Crippen LogP contribution < -0.4 is 16.0 Å². The number of benzene rings is 1. The Kier molecular flexibility index (Phi) is 5.18.